The minimum absolute atomic E-state index is 0.0536. The van der Waals surface area contributed by atoms with Gasteiger partial charge in [0.25, 0.3) is 5.91 Å². The van der Waals surface area contributed by atoms with Gasteiger partial charge in [0.05, 0.1) is 17.5 Å². The Morgan fingerprint density at radius 2 is 2.20 bits per heavy atom. The van der Waals surface area contributed by atoms with Crippen molar-refractivity contribution in [2.45, 2.75) is 25.4 Å². The smallest absolute Gasteiger partial charge is 0.253 e. The Kier molecular flexibility index (Phi) is 4.49. The fourth-order valence-electron chi connectivity index (χ4n) is 2.60. The zero-order valence-electron chi connectivity index (χ0n) is 12.1. The Labute approximate surface area is 119 Å². The molecule has 0 saturated heterocycles. The van der Waals surface area contributed by atoms with Gasteiger partial charge >= 0.3 is 0 Å². The zero-order valence-corrected chi connectivity index (χ0v) is 12.1. The van der Waals surface area contributed by atoms with Crippen LogP contribution < -0.4 is 11.1 Å². The number of nitrogen functional groups attached to an aromatic ring is 1. The van der Waals surface area contributed by atoms with E-state index in [-0.39, 0.29) is 12.0 Å². The molecular formula is C15H23N3O2. The normalized spacial score (nSPS) is 21.8. The summed E-state index contributed by atoms with van der Waals surface area (Å²) >= 11 is 0. The standard InChI is InChI=1S/C15H23N3O2/c1-18(2)15(20)11-4-6-14(13(16)8-11)17-9-10-3-5-12(19)7-10/h4,6,8,10,12,17,19H,3,5,7,9,16H2,1-2H3. The van der Waals surface area contributed by atoms with Crippen LogP contribution in [0.15, 0.2) is 18.2 Å². The predicted octanol–water partition coefficient (Wildman–Crippen LogP) is 1.54. The number of benzene rings is 1. The van der Waals surface area contributed by atoms with Gasteiger partial charge in [-0.3, -0.25) is 4.79 Å². The summed E-state index contributed by atoms with van der Waals surface area (Å²) in [7, 11) is 3.44. The number of anilines is 2. The number of aliphatic hydroxyl groups excluding tert-OH is 1. The number of carbonyl (C=O) groups excluding carboxylic acids is 1. The molecule has 2 rings (SSSR count). The van der Waals surface area contributed by atoms with Gasteiger partial charge in [-0.1, -0.05) is 0 Å². The van der Waals surface area contributed by atoms with Gasteiger partial charge in [-0.25, -0.2) is 0 Å². The Hall–Kier alpha value is -1.75. The van der Waals surface area contributed by atoms with Gasteiger partial charge in [0.1, 0.15) is 0 Å². The second-order valence-electron chi connectivity index (χ2n) is 5.72. The summed E-state index contributed by atoms with van der Waals surface area (Å²) in [6.45, 7) is 0.808. The van der Waals surface area contributed by atoms with Crippen LogP contribution in [0, 0.1) is 5.92 Å². The average Bonchev–Trinajstić information content (AvgIpc) is 2.82. The highest BCUT2D eigenvalue weighted by Gasteiger charge is 2.22. The van der Waals surface area contributed by atoms with Crippen molar-refractivity contribution in [1.29, 1.82) is 0 Å². The summed E-state index contributed by atoms with van der Waals surface area (Å²) in [4.78, 5) is 13.4. The first kappa shape index (κ1) is 14.7. The Balaban J connectivity index is 1.97. The lowest BCUT2D eigenvalue weighted by Crippen LogP contribution is -2.22. The van der Waals surface area contributed by atoms with Gasteiger partial charge in [-0.05, 0) is 43.4 Å². The number of amides is 1. The Bertz CT molecular complexity index is 488. The van der Waals surface area contributed by atoms with Crippen molar-refractivity contribution in [2.75, 3.05) is 31.7 Å². The number of hydrogen-bond donors (Lipinski definition) is 3. The minimum Gasteiger partial charge on any atom is -0.397 e. The van der Waals surface area contributed by atoms with E-state index in [2.05, 4.69) is 5.32 Å². The summed E-state index contributed by atoms with van der Waals surface area (Å²) in [6, 6.07) is 5.33. The lowest BCUT2D eigenvalue weighted by molar-refractivity contribution is 0.0827. The summed E-state index contributed by atoms with van der Waals surface area (Å²) in [5.74, 6) is 0.439. The van der Waals surface area contributed by atoms with Crippen LogP contribution in [0.2, 0.25) is 0 Å². The third-order valence-corrected chi connectivity index (χ3v) is 3.80. The minimum atomic E-state index is -0.153. The molecule has 5 heteroatoms. The van der Waals surface area contributed by atoms with Crippen LogP contribution in [0.5, 0.6) is 0 Å². The SMILES string of the molecule is CN(C)C(=O)c1ccc(NCC2CCC(O)C2)c(N)c1. The van der Waals surface area contributed by atoms with Gasteiger partial charge < -0.3 is 21.1 Å². The van der Waals surface area contributed by atoms with Crippen LogP contribution in [-0.4, -0.2) is 42.7 Å². The Morgan fingerprint density at radius 3 is 2.75 bits per heavy atom. The number of carbonyl (C=O) groups is 1. The molecule has 2 atom stereocenters. The molecule has 1 aromatic rings. The molecule has 0 heterocycles. The van der Waals surface area contributed by atoms with Gasteiger partial charge in [0, 0.05) is 26.2 Å². The van der Waals surface area contributed by atoms with Crippen molar-refractivity contribution < 1.29 is 9.90 Å². The summed E-state index contributed by atoms with van der Waals surface area (Å²) in [5.41, 5.74) is 8.01. The lowest BCUT2D eigenvalue weighted by atomic mass is 10.1. The molecule has 1 aromatic carbocycles. The molecular weight excluding hydrogens is 254 g/mol. The molecule has 4 N–H and O–H groups in total. The molecule has 20 heavy (non-hydrogen) atoms. The molecule has 110 valence electrons. The van der Waals surface area contributed by atoms with E-state index >= 15 is 0 Å². The fourth-order valence-corrected chi connectivity index (χ4v) is 2.60. The molecule has 1 fully saturated rings. The third-order valence-electron chi connectivity index (χ3n) is 3.80. The fraction of sp³-hybridized carbons (Fsp3) is 0.533. The maximum absolute atomic E-state index is 11.8. The maximum atomic E-state index is 11.8. The van der Waals surface area contributed by atoms with Gasteiger partial charge in [0.15, 0.2) is 0 Å². The van der Waals surface area contributed by atoms with Crippen molar-refractivity contribution in [3.8, 4) is 0 Å². The molecule has 0 spiro atoms. The van der Waals surface area contributed by atoms with E-state index < -0.39 is 0 Å². The first-order valence-electron chi connectivity index (χ1n) is 7.00. The highest BCUT2D eigenvalue weighted by Crippen LogP contribution is 2.27. The van der Waals surface area contributed by atoms with Crippen LogP contribution in [0.4, 0.5) is 11.4 Å². The largest absolute Gasteiger partial charge is 0.397 e. The number of nitrogens with one attached hydrogen (secondary N) is 1. The summed E-state index contributed by atoms with van der Waals surface area (Å²) in [5, 5.41) is 12.8. The molecule has 1 saturated carbocycles. The second kappa shape index (κ2) is 6.13. The molecule has 1 aliphatic rings. The third kappa shape index (κ3) is 3.42. The van der Waals surface area contributed by atoms with E-state index in [0.29, 0.717) is 17.2 Å². The number of aliphatic hydroxyl groups is 1. The average molecular weight is 277 g/mol. The Morgan fingerprint density at radius 1 is 1.45 bits per heavy atom. The molecule has 5 nitrogen and oxygen atoms in total. The van der Waals surface area contributed by atoms with Crippen LogP contribution in [-0.2, 0) is 0 Å². The van der Waals surface area contributed by atoms with Crippen LogP contribution in [0.25, 0.3) is 0 Å². The predicted molar refractivity (Wildman–Crippen MR) is 80.7 cm³/mol. The van der Waals surface area contributed by atoms with E-state index in [1.54, 1.807) is 26.2 Å². The molecule has 0 aromatic heterocycles. The highest BCUT2D eigenvalue weighted by atomic mass is 16.3. The van der Waals surface area contributed by atoms with Gasteiger partial charge in [-0.15, -0.1) is 0 Å². The van der Waals surface area contributed by atoms with Gasteiger partial charge in [0.2, 0.25) is 0 Å². The van der Waals surface area contributed by atoms with Crippen molar-refractivity contribution in [1.82, 2.24) is 4.90 Å². The topological polar surface area (TPSA) is 78.6 Å². The summed E-state index contributed by atoms with van der Waals surface area (Å²) in [6.07, 6.45) is 2.63. The summed E-state index contributed by atoms with van der Waals surface area (Å²) < 4.78 is 0. The molecule has 1 amide bonds. The number of nitrogens with two attached hydrogens (primary N) is 1. The van der Waals surface area contributed by atoms with Crippen LogP contribution >= 0.6 is 0 Å². The molecule has 0 radical (unpaired) electrons. The molecule has 2 unspecified atom stereocenters. The maximum Gasteiger partial charge on any atom is 0.253 e. The molecule has 0 aliphatic heterocycles. The quantitative estimate of drug-likeness (QED) is 0.730. The first-order valence-corrected chi connectivity index (χ1v) is 7.00. The molecule has 1 aliphatic carbocycles. The van der Waals surface area contributed by atoms with E-state index in [1.807, 2.05) is 6.07 Å². The van der Waals surface area contributed by atoms with E-state index in [1.165, 1.54) is 4.90 Å². The number of hydrogen-bond acceptors (Lipinski definition) is 4. The molecule has 0 bridgehead atoms. The van der Waals surface area contributed by atoms with E-state index in [0.717, 1.165) is 31.5 Å². The number of nitrogens with zero attached hydrogens (tertiary/aromatic N) is 1. The highest BCUT2D eigenvalue weighted by molar-refractivity contribution is 5.95. The lowest BCUT2D eigenvalue weighted by Gasteiger charge is -2.15. The zero-order chi connectivity index (χ0) is 14.7. The van der Waals surface area contributed by atoms with Crippen molar-refractivity contribution >= 4 is 17.3 Å². The van der Waals surface area contributed by atoms with Crippen LogP contribution in [0.3, 0.4) is 0 Å². The van der Waals surface area contributed by atoms with E-state index in [4.69, 9.17) is 5.73 Å². The van der Waals surface area contributed by atoms with Gasteiger partial charge in [-0.2, -0.15) is 0 Å². The number of rotatable bonds is 4. The van der Waals surface area contributed by atoms with Crippen molar-refractivity contribution in [3.05, 3.63) is 23.8 Å². The first-order chi connectivity index (χ1) is 9.47. The van der Waals surface area contributed by atoms with Crippen molar-refractivity contribution in [3.63, 3.8) is 0 Å². The van der Waals surface area contributed by atoms with E-state index in [9.17, 15) is 9.90 Å². The van der Waals surface area contributed by atoms with Crippen LogP contribution in [0.1, 0.15) is 29.6 Å². The second-order valence-corrected chi connectivity index (χ2v) is 5.72. The van der Waals surface area contributed by atoms with Crippen molar-refractivity contribution in [2.24, 2.45) is 5.92 Å². The monoisotopic (exact) mass is 277 g/mol.